The molecule has 1 aliphatic carbocycles. The summed E-state index contributed by atoms with van der Waals surface area (Å²) in [6.07, 6.45) is -3.52. The van der Waals surface area contributed by atoms with E-state index in [0.717, 1.165) is 12.1 Å². The van der Waals surface area contributed by atoms with Gasteiger partial charge in [-0.3, -0.25) is 4.79 Å². The minimum absolute atomic E-state index is 0.0549. The van der Waals surface area contributed by atoms with Crippen LogP contribution in [0.25, 0.3) is 11.5 Å². The molecule has 0 aliphatic heterocycles. The molecule has 0 atom stereocenters. The molecule has 4 rings (SSSR count). The fourth-order valence-corrected chi connectivity index (χ4v) is 2.85. The first-order valence-electron chi connectivity index (χ1n) is 8.41. The Morgan fingerprint density at radius 3 is 2.36 bits per heavy atom. The molecule has 1 aliphatic rings. The molecule has 2 aromatic carbocycles. The molecule has 0 radical (unpaired) electrons. The average Bonchev–Trinajstić information content (AvgIpc) is 3.33. The van der Waals surface area contributed by atoms with Crippen LogP contribution < -0.4 is 5.32 Å². The van der Waals surface area contributed by atoms with Gasteiger partial charge in [0.25, 0.3) is 0 Å². The number of halogens is 3. The van der Waals surface area contributed by atoms with Crippen LogP contribution in [-0.2, 0) is 16.4 Å². The Morgan fingerprint density at radius 1 is 1.07 bits per heavy atom. The number of rotatable bonds is 5. The second-order valence-corrected chi connectivity index (χ2v) is 6.55. The lowest BCUT2D eigenvalue weighted by molar-refractivity contribution is -0.140. The van der Waals surface area contributed by atoms with Gasteiger partial charge in [0, 0.05) is 5.69 Å². The number of para-hydroxylation sites is 1. The number of carboxylic acids is 1. The summed E-state index contributed by atoms with van der Waals surface area (Å²) in [5, 5.41) is 20.2. The van der Waals surface area contributed by atoms with Crippen molar-refractivity contribution in [2.24, 2.45) is 0 Å². The van der Waals surface area contributed by atoms with E-state index < -0.39 is 23.1 Å². The number of hydrogen-bond acceptors (Lipinski definition) is 5. The minimum atomic E-state index is -4.40. The second-order valence-electron chi connectivity index (χ2n) is 6.55. The number of nitrogens with zero attached hydrogens (tertiary/aromatic N) is 2. The van der Waals surface area contributed by atoms with E-state index >= 15 is 0 Å². The van der Waals surface area contributed by atoms with Crippen LogP contribution in [0.1, 0.15) is 24.3 Å². The van der Waals surface area contributed by atoms with E-state index in [1.165, 1.54) is 12.1 Å². The summed E-state index contributed by atoms with van der Waals surface area (Å²) in [7, 11) is 0. The van der Waals surface area contributed by atoms with Crippen molar-refractivity contribution in [3.8, 4) is 11.5 Å². The Balaban J connectivity index is 1.62. The highest BCUT2D eigenvalue weighted by Gasteiger charge is 2.56. The third kappa shape index (κ3) is 3.19. The Morgan fingerprint density at radius 2 is 1.75 bits per heavy atom. The van der Waals surface area contributed by atoms with Gasteiger partial charge in [0.1, 0.15) is 5.41 Å². The standard InChI is InChI=1S/C19H14F3N3O3/c20-19(21,22)11-5-7-12(8-6-11)23-14-4-2-1-3-13(14)15-24-25-16(28-15)18(9-10-18)17(26)27/h1-8,23H,9-10H2,(H,26,27). The number of anilines is 2. The normalized spacial score (nSPS) is 15.2. The molecule has 2 N–H and O–H groups in total. The van der Waals surface area contributed by atoms with Crippen LogP contribution in [0, 0.1) is 0 Å². The third-order valence-corrected chi connectivity index (χ3v) is 4.64. The molecule has 3 aromatic rings. The van der Waals surface area contributed by atoms with Gasteiger partial charge in [0.2, 0.25) is 11.8 Å². The summed E-state index contributed by atoms with van der Waals surface area (Å²) in [4.78, 5) is 11.4. The molecule has 144 valence electrons. The van der Waals surface area contributed by atoms with Crippen molar-refractivity contribution < 1.29 is 27.5 Å². The maximum Gasteiger partial charge on any atom is 0.416 e. The number of carbonyl (C=O) groups is 1. The number of alkyl halides is 3. The minimum Gasteiger partial charge on any atom is -0.480 e. The molecule has 0 saturated heterocycles. The van der Waals surface area contributed by atoms with E-state index in [4.69, 9.17) is 4.42 Å². The zero-order valence-corrected chi connectivity index (χ0v) is 14.3. The van der Waals surface area contributed by atoms with Crippen molar-refractivity contribution >= 4 is 17.3 Å². The van der Waals surface area contributed by atoms with E-state index in [0.29, 0.717) is 29.8 Å². The van der Waals surface area contributed by atoms with Gasteiger partial charge in [0.15, 0.2) is 0 Å². The molecule has 0 unspecified atom stereocenters. The smallest absolute Gasteiger partial charge is 0.416 e. The molecule has 1 heterocycles. The summed E-state index contributed by atoms with van der Waals surface area (Å²) < 4.78 is 43.7. The van der Waals surface area contributed by atoms with Crippen LogP contribution in [0.4, 0.5) is 24.5 Å². The molecule has 0 amide bonds. The Hall–Kier alpha value is -3.36. The molecule has 0 spiro atoms. The number of hydrogen-bond donors (Lipinski definition) is 2. The first-order valence-corrected chi connectivity index (χ1v) is 8.41. The van der Waals surface area contributed by atoms with Crippen molar-refractivity contribution in [1.29, 1.82) is 0 Å². The van der Waals surface area contributed by atoms with Crippen molar-refractivity contribution in [1.82, 2.24) is 10.2 Å². The fourth-order valence-electron chi connectivity index (χ4n) is 2.85. The van der Waals surface area contributed by atoms with Crippen LogP contribution in [-0.4, -0.2) is 21.3 Å². The highest BCUT2D eigenvalue weighted by atomic mass is 19.4. The molecule has 9 heteroatoms. The maximum atomic E-state index is 12.7. The number of nitrogens with one attached hydrogen (secondary N) is 1. The first-order chi connectivity index (χ1) is 13.3. The topological polar surface area (TPSA) is 88.2 Å². The Labute approximate surface area is 157 Å². The summed E-state index contributed by atoms with van der Waals surface area (Å²) in [5.74, 6) is -0.810. The monoisotopic (exact) mass is 389 g/mol. The largest absolute Gasteiger partial charge is 0.480 e. The van der Waals surface area contributed by atoms with Gasteiger partial charge in [-0.25, -0.2) is 0 Å². The molecular weight excluding hydrogens is 375 g/mol. The van der Waals surface area contributed by atoms with Crippen LogP contribution in [0.5, 0.6) is 0 Å². The van der Waals surface area contributed by atoms with Crippen molar-refractivity contribution in [3.63, 3.8) is 0 Å². The predicted octanol–water partition coefficient (Wildman–Crippen LogP) is 4.62. The van der Waals surface area contributed by atoms with E-state index in [1.807, 2.05) is 0 Å². The van der Waals surface area contributed by atoms with E-state index in [2.05, 4.69) is 15.5 Å². The van der Waals surface area contributed by atoms with E-state index in [-0.39, 0.29) is 11.8 Å². The van der Waals surface area contributed by atoms with Crippen molar-refractivity contribution in [3.05, 3.63) is 60.0 Å². The predicted molar refractivity (Wildman–Crippen MR) is 93.0 cm³/mol. The van der Waals surface area contributed by atoms with Gasteiger partial charge in [-0.1, -0.05) is 12.1 Å². The lowest BCUT2D eigenvalue weighted by atomic mass is 10.1. The maximum absolute atomic E-state index is 12.7. The van der Waals surface area contributed by atoms with Crippen LogP contribution >= 0.6 is 0 Å². The highest BCUT2D eigenvalue weighted by Crippen LogP contribution is 2.48. The number of benzene rings is 2. The summed E-state index contributed by atoms with van der Waals surface area (Å²) in [6, 6.07) is 11.5. The SMILES string of the molecule is O=C(O)C1(c2nnc(-c3ccccc3Nc3ccc(C(F)(F)F)cc3)o2)CC1. The molecule has 0 bridgehead atoms. The molecule has 6 nitrogen and oxygen atoms in total. The van der Waals surface area contributed by atoms with Crippen LogP contribution in [0.2, 0.25) is 0 Å². The van der Waals surface area contributed by atoms with Gasteiger partial charge in [0.05, 0.1) is 16.8 Å². The Kier molecular flexibility index (Phi) is 4.10. The van der Waals surface area contributed by atoms with Crippen molar-refractivity contribution in [2.75, 3.05) is 5.32 Å². The third-order valence-electron chi connectivity index (χ3n) is 4.64. The molecule has 1 aromatic heterocycles. The quantitative estimate of drug-likeness (QED) is 0.662. The lowest BCUT2D eigenvalue weighted by Crippen LogP contribution is -2.19. The number of aliphatic carboxylic acids is 1. The van der Waals surface area contributed by atoms with Crippen LogP contribution in [0.3, 0.4) is 0 Å². The van der Waals surface area contributed by atoms with Crippen molar-refractivity contribution in [2.45, 2.75) is 24.4 Å². The van der Waals surface area contributed by atoms with Gasteiger partial charge < -0.3 is 14.8 Å². The van der Waals surface area contributed by atoms with Gasteiger partial charge >= 0.3 is 12.1 Å². The lowest BCUT2D eigenvalue weighted by Gasteiger charge is -2.11. The molecule has 1 fully saturated rings. The van der Waals surface area contributed by atoms with Crippen LogP contribution in [0.15, 0.2) is 52.9 Å². The summed E-state index contributed by atoms with van der Waals surface area (Å²) in [5.41, 5.74) is -0.346. The zero-order chi connectivity index (χ0) is 19.9. The zero-order valence-electron chi connectivity index (χ0n) is 14.3. The van der Waals surface area contributed by atoms with Gasteiger partial charge in [-0.05, 0) is 49.2 Å². The van der Waals surface area contributed by atoms with E-state index in [9.17, 15) is 23.1 Å². The summed E-state index contributed by atoms with van der Waals surface area (Å²) >= 11 is 0. The number of carboxylic acid groups (broad SMARTS) is 1. The second kappa shape index (κ2) is 6.36. The number of aromatic nitrogens is 2. The van der Waals surface area contributed by atoms with E-state index in [1.54, 1.807) is 24.3 Å². The molecule has 28 heavy (non-hydrogen) atoms. The summed E-state index contributed by atoms with van der Waals surface area (Å²) in [6.45, 7) is 0. The Bertz CT molecular complexity index is 1020. The fraction of sp³-hybridized carbons (Fsp3) is 0.211. The molecule has 1 saturated carbocycles. The van der Waals surface area contributed by atoms with Gasteiger partial charge in [-0.2, -0.15) is 13.2 Å². The average molecular weight is 389 g/mol. The van der Waals surface area contributed by atoms with Gasteiger partial charge in [-0.15, -0.1) is 10.2 Å². The molecular formula is C19H14F3N3O3. The first kappa shape index (κ1) is 18.0. The highest BCUT2D eigenvalue weighted by molar-refractivity contribution is 5.83.